The summed E-state index contributed by atoms with van der Waals surface area (Å²) in [5.74, 6) is 0.0639. The number of nitrogens with zero attached hydrogens (tertiary/aromatic N) is 1. The number of carbonyl (C=O) groups is 1. The first-order chi connectivity index (χ1) is 11.2. The maximum atomic E-state index is 13.5. The van der Waals surface area contributed by atoms with E-state index in [4.69, 9.17) is 4.74 Å². The Bertz CT molecular complexity index is 763. The summed E-state index contributed by atoms with van der Waals surface area (Å²) >= 11 is 0. The number of halogens is 1. The van der Waals surface area contributed by atoms with E-state index in [9.17, 15) is 9.18 Å². The van der Waals surface area contributed by atoms with Crippen molar-refractivity contribution in [2.75, 3.05) is 0 Å². The van der Waals surface area contributed by atoms with Gasteiger partial charge in [0.2, 0.25) is 5.91 Å². The third-order valence-electron chi connectivity index (χ3n) is 4.39. The van der Waals surface area contributed by atoms with Crippen molar-refractivity contribution >= 4 is 5.91 Å². The van der Waals surface area contributed by atoms with Gasteiger partial charge in [0.1, 0.15) is 17.2 Å². The normalized spacial score (nSPS) is 18.6. The van der Waals surface area contributed by atoms with Gasteiger partial charge in [-0.3, -0.25) is 9.89 Å². The molecule has 0 saturated carbocycles. The van der Waals surface area contributed by atoms with Crippen molar-refractivity contribution in [1.82, 2.24) is 15.5 Å². The van der Waals surface area contributed by atoms with Crippen molar-refractivity contribution in [1.29, 1.82) is 0 Å². The molecular weight excluding hydrogens is 309 g/mol. The Morgan fingerprint density at radius 1 is 1.46 bits per heavy atom. The molecule has 2 aromatic rings. The number of carbonyl (C=O) groups excluding carboxylic acids is 1. The lowest BCUT2D eigenvalue weighted by molar-refractivity contribution is -0.121. The standard InChI is InChI=1S/C18H22FN3O2/c1-10-14(11(2)22-21-10)8-17(23)20-15-9-18(3,4)24-16-7-12(19)5-6-13(15)16/h5-7,15H,8-9H2,1-4H3,(H,20,23)(H,21,22). The predicted octanol–water partition coefficient (Wildman–Crippen LogP) is 3.13. The lowest BCUT2D eigenvalue weighted by Crippen LogP contribution is -2.41. The second-order valence-electron chi connectivity index (χ2n) is 6.96. The number of nitrogens with one attached hydrogen (secondary N) is 2. The third-order valence-corrected chi connectivity index (χ3v) is 4.39. The molecule has 0 saturated heterocycles. The van der Waals surface area contributed by atoms with Gasteiger partial charge >= 0.3 is 0 Å². The number of rotatable bonds is 3. The number of hydrogen-bond donors (Lipinski definition) is 2. The molecule has 1 amide bonds. The van der Waals surface area contributed by atoms with Gasteiger partial charge in [0.25, 0.3) is 0 Å². The molecule has 6 heteroatoms. The highest BCUT2D eigenvalue weighted by Gasteiger charge is 2.34. The fourth-order valence-corrected chi connectivity index (χ4v) is 3.19. The molecule has 128 valence electrons. The van der Waals surface area contributed by atoms with Crippen LogP contribution < -0.4 is 10.1 Å². The summed E-state index contributed by atoms with van der Waals surface area (Å²) in [5, 5.41) is 10.1. The highest BCUT2D eigenvalue weighted by molar-refractivity contribution is 5.79. The summed E-state index contributed by atoms with van der Waals surface area (Å²) < 4.78 is 19.3. The lowest BCUT2D eigenvalue weighted by atomic mass is 9.89. The van der Waals surface area contributed by atoms with E-state index in [1.165, 1.54) is 12.1 Å². The summed E-state index contributed by atoms with van der Waals surface area (Å²) in [6, 6.07) is 4.24. The Labute approximate surface area is 140 Å². The van der Waals surface area contributed by atoms with E-state index >= 15 is 0 Å². The molecule has 3 rings (SSSR count). The minimum absolute atomic E-state index is 0.0828. The molecule has 2 heterocycles. The molecule has 5 nitrogen and oxygen atoms in total. The smallest absolute Gasteiger partial charge is 0.225 e. The van der Waals surface area contributed by atoms with Crippen molar-refractivity contribution in [3.63, 3.8) is 0 Å². The lowest BCUT2D eigenvalue weighted by Gasteiger charge is -2.38. The molecule has 1 aliphatic heterocycles. The maximum absolute atomic E-state index is 13.5. The zero-order valence-corrected chi connectivity index (χ0v) is 14.4. The van der Waals surface area contributed by atoms with Crippen LogP contribution in [0.1, 0.15) is 48.8 Å². The first-order valence-electron chi connectivity index (χ1n) is 8.03. The average molecular weight is 331 g/mol. The molecule has 1 aliphatic rings. The number of aromatic amines is 1. The molecule has 1 aromatic carbocycles. The van der Waals surface area contributed by atoms with Crippen LogP contribution in [0.3, 0.4) is 0 Å². The molecule has 0 radical (unpaired) electrons. The number of benzene rings is 1. The Hall–Kier alpha value is -2.37. The monoisotopic (exact) mass is 331 g/mol. The summed E-state index contributed by atoms with van der Waals surface area (Å²) in [4.78, 5) is 12.5. The second-order valence-corrected chi connectivity index (χ2v) is 6.96. The van der Waals surface area contributed by atoms with E-state index in [0.717, 1.165) is 22.5 Å². The molecule has 0 spiro atoms. The zero-order chi connectivity index (χ0) is 17.5. The number of fused-ring (bicyclic) bond motifs is 1. The quantitative estimate of drug-likeness (QED) is 0.908. The Morgan fingerprint density at radius 2 is 2.21 bits per heavy atom. The third kappa shape index (κ3) is 3.27. The number of amides is 1. The van der Waals surface area contributed by atoms with Gasteiger partial charge in [-0.25, -0.2) is 4.39 Å². The molecule has 24 heavy (non-hydrogen) atoms. The number of aromatic nitrogens is 2. The highest BCUT2D eigenvalue weighted by Crippen LogP contribution is 2.39. The van der Waals surface area contributed by atoms with E-state index in [0.29, 0.717) is 12.2 Å². The summed E-state index contributed by atoms with van der Waals surface area (Å²) in [6.45, 7) is 7.65. The van der Waals surface area contributed by atoms with E-state index in [1.807, 2.05) is 27.7 Å². The SMILES string of the molecule is Cc1n[nH]c(C)c1CC(=O)NC1CC(C)(C)Oc2cc(F)ccc21. The molecule has 1 aromatic heterocycles. The minimum Gasteiger partial charge on any atom is -0.487 e. The van der Waals surface area contributed by atoms with Crippen molar-refractivity contribution < 1.29 is 13.9 Å². The topological polar surface area (TPSA) is 67.0 Å². The van der Waals surface area contributed by atoms with Crippen LogP contribution in [0.25, 0.3) is 0 Å². The highest BCUT2D eigenvalue weighted by atomic mass is 19.1. The number of ether oxygens (including phenoxy) is 1. The van der Waals surface area contributed by atoms with Crippen molar-refractivity contribution in [3.05, 3.63) is 46.5 Å². The summed E-state index contributed by atoms with van der Waals surface area (Å²) in [7, 11) is 0. The first kappa shape index (κ1) is 16.5. The predicted molar refractivity (Wildman–Crippen MR) is 88.4 cm³/mol. The molecule has 1 atom stereocenters. The molecular formula is C18H22FN3O2. The van der Waals surface area contributed by atoms with Crippen molar-refractivity contribution in [2.24, 2.45) is 0 Å². The van der Waals surface area contributed by atoms with E-state index in [2.05, 4.69) is 15.5 Å². The molecule has 0 fully saturated rings. The average Bonchev–Trinajstić information content (AvgIpc) is 2.77. The van der Waals surface area contributed by atoms with Gasteiger partial charge in [0.15, 0.2) is 0 Å². The number of H-pyrrole nitrogens is 1. The first-order valence-corrected chi connectivity index (χ1v) is 8.03. The molecule has 0 aliphatic carbocycles. The Morgan fingerprint density at radius 3 is 2.88 bits per heavy atom. The second kappa shape index (κ2) is 5.92. The van der Waals surface area contributed by atoms with Crippen LogP contribution >= 0.6 is 0 Å². The van der Waals surface area contributed by atoms with Gasteiger partial charge in [0.05, 0.1) is 18.2 Å². The van der Waals surface area contributed by atoms with Gasteiger partial charge in [0, 0.05) is 29.3 Å². The molecule has 1 unspecified atom stereocenters. The number of hydrogen-bond acceptors (Lipinski definition) is 3. The largest absolute Gasteiger partial charge is 0.487 e. The molecule has 2 N–H and O–H groups in total. The molecule has 0 bridgehead atoms. The van der Waals surface area contributed by atoms with Gasteiger partial charge in [-0.1, -0.05) is 6.07 Å². The minimum atomic E-state index is -0.472. The van der Waals surface area contributed by atoms with Crippen molar-refractivity contribution in [2.45, 2.75) is 52.2 Å². The van der Waals surface area contributed by atoms with Crippen LogP contribution in [-0.4, -0.2) is 21.7 Å². The summed E-state index contributed by atoms with van der Waals surface area (Å²) in [6.07, 6.45) is 0.892. The van der Waals surface area contributed by atoms with Gasteiger partial charge in [-0.2, -0.15) is 5.10 Å². The van der Waals surface area contributed by atoms with Gasteiger partial charge < -0.3 is 10.1 Å². The Kier molecular flexibility index (Phi) is 4.07. The zero-order valence-electron chi connectivity index (χ0n) is 14.4. The van der Waals surface area contributed by atoms with Crippen LogP contribution in [0, 0.1) is 19.7 Å². The van der Waals surface area contributed by atoms with Crippen LogP contribution in [0.15, 0.2) is 18.2 Å². The van der Waals surface area contributed by atoms with E-state index in [1.54, 1.807) is 6.07 Å². The van der Waals surface area contributed by atoms with E-state index in [-0.39, 0.29) is 24.2 Å². The van der Waals surface area contributed by atoms with Gasteiger partial charge in [-0.05, 0) is 33.8 Å². The van der Waals surface area contributed by atoms with Crippen LogP contribution in [-0.2, 0) is 11.2 Å². The van der Waals surface area contributed by atoms with Crippen LogP contribution in [0.2, 0.25) is 0 Å². The van der Waals surface area contributed by atoms with Crippen molar-refractivity contribution in [3.8, 4) is 5.75 Å². The maximum Gasteiger partial charge on any atom is 0.225 e. The van der Waals surface area contributed by atoms with Gasteiger partial charge in [-0.15, -0.1) is 0 Å². The fourth-order valence-electron chi connectivity index (χ4n) is 3.19. The van der Waals surface area contributed by atoms with E-state index < -0.39 is 5.60 Å². The summed E-state index contributed by atoms with van der Waals surface area (Å²) in [5.41, 5.74) is 2.98. The fraction of sp³-hybridized carbons (Fsp3) is 0.444. The van der Waals surface area contributed by atoms with Crippen LogP contribution in [0.5, 0.6) is 5.75 Å². The van der Waals surface area contributed by atoms with Crippen LogP contribution in [0.4, 0.5) is 4.39 Å². The Balaban J connectivity index is 1.81. The number of aryl methyl sites for hydroxylation is 2.